The Morgan fingerprint density at radius 3 is 2.67 bits per heavy atom. The molecule has 1 heterocycles. The molecule has 4 rings (SSSR count). The van der Waals surface area contributed by atoms with Gasteiger partial charge in [-0.1, -0.05) is 29.5 Å². The molecule has 2 aliphatic rings. The van der Waals surface area contributed by atoms with Gasteiger partial charge >= 0.3 is 0 Å². The average Bonchev–Trinajstić information content (AvgIpc) is 3.55. The summed E-state index contributed by atoms with van der Waals surface area (Å²) in [5.41, 5.74) is 2.98. The van der Waals surface area contributed by atoms with E-state index < -0.39 is 16.1 Å². The smallest absolute Gasteiger partial charge is 0.271 e. The van der Waals surface area contributed by atoms with E-state index in [-0.39, 0.29) is 29.7 Å². The molecule has 1 aliphatic carbocycles. The maximum absolute atomic E-state index is 13.1. The summed E-state index contributed by atoms with van der Waals surface area (Å²) in [5.74, 6) is -0.258. The monoisotopic (exact) mass is 468 g/mol. The van der Waals surface area contributed by atoms with Crippen molar-refractivity contribution in [2.75, 3.05) is 12.4 Å². The number of non-ortho nitro benzene ring substituents is 1. The molecule has 1 aliphatic heterocycles. The molecular formula is C23H24N4O5S. The second-order valence-electron chi connectivity index (χ2n) is 8.12. The number of nitro benzene ring substituents is 1. The predicted octanol–water partition coefficient (Wildman–Crippen LogP) is 4.34. The van der Waals surface area contributed by atoms with Crippen LogP contribution in [-0.2, 0) is 9.59 Å². The van der Waals surface area contributed by atoms with Crippen molar-refractivity contribution in [1.29, 1.82) is 0 Å². The number of nitro groups is 1. The van der Waals surface area contributed by atoms with E-state index in [2.05, 4.69) is 5.32 Å². The molecule has 0 spiro atoms. The fourth-order valence-electron chi connectivity index (χ4n) is 3.67. The Balaban J connectivity index is 1.52. The van der Waals surface area contributed by atoms with Crippen molar-refractivity contribution in [3.63, 3.8) is 0 Å². The third-order valence-corrected chi connectivity index (χ3v) is 6.64. The van der Waals surface area contributed by atoms with Crippen molar-refractivity contribution < 1.29 is 19.2 Å². The highest BCUT2D eigenvalue weighted by Gasteiger charge is 2.46. The zero-order valence-corrected chi connectivity index (χ0v) is 19.3. The zero-order chi connectivity index (χ0) is 23.7. The number of nitrogens with one attached hydrogen (secondary N) is 1. The van der Waals surface area contributed by atoms with Gasteiger partial charge in [-0.15, -0.1) is 0 Å². The normalized spacial score (nSPS) is 19.1. The summed E-state index contributed by atoms with van der Waals surface area (Å²) in [5, 5.41) is 13.7. The van der Waals surface area contributed by atoms with E-state index in [4.69, 9.17) is 9.73 Å². The molecule has 0 radical (unpaired) electrons. The fourth-order valence-corrected chi connectivity index (χ4v) is 4.88. The largest absolute Gasteiger partial charge is 0.495 e. The van der Waals surface area contributed by atoms with Crippen LogP contribution in [0.1, 0.15) is 30.4 Å². The summed E-state index contributed by atoms with van der Waals surface area (Å²) in [6.07, 6.45) is 1.76. The van der Waals surface area contributed by atoms with Gasteiger partial charge in [-0.2, -0.15) is 0 Å². The number of thioether (sulfide) groups is 1. The highest BCUT2D eigenvalue weighted by molar-refractivity contribution is 8.15. The molecule has 1 saturated carbocycles. The number of amides is 2. The number of carbonyl (C=O) groups excluding carboxylic acids is 2. The molecule has 2 aromatic rings. The Bertz CT molecular complexity index is 1160. The molecule has 33 heavy (non-hydrogen) atoms. The minimum absolute atomic E-state index is 0.0789. The van der Waals surface area contributed by atoms with Crippen LogP contribution in [0, 0.1) is 24.0 Å². The minimum Gasteiger partial charge on any atom is -0.495 e. The zero-order valence-electron chi connectivity index (χ0n) is 18.5. The number of carbonyl (C=O) groups is 2. The van der Waals surface area contributed by atoms with Crippen LogP contribution in [0.15, 0.2) is 41.4 Å². The van der Waals surface area contributed by atoms with E-state index >= 15 is 0 Å². The van der Waals surface area contributed by atoms with Crippen LogP contribution in [0.4, 0.5) is 17.1 Å². The molecule has 2 amide bonds. The average molecular weight is 469 g/mol. The van der Waals surface area contributed by atoms with Crippen molar-refractivity contribution in [2.45, 2.75) is 44.4 Å². The lowest BCUT2D eigenvalue weighted by atomic mass is 10.1. The van der Waals surface area contributed by atoms with E-state index in [1.165, 1.54) is 37.1 Å². The highest BCUT2D eigenvalue weighted by atomic mass is 32.2. The molecule has 0 aromatic heterocycles. The van der Waals surface area contributed by atoms with Gasteiger partial charge < -0.3 is 10.1 Å². The third-order valence-electron chi connectivity index (χ3n) is 5.49. The first-order valence-corrected chi connectivity index (χ1v) is 11.4. The van der Waals surface area contributed by atoms with Gasteiger partial charge in [0.05, 0.1) is 23.4 Å². The number of aryl methyl sites for hydroxylation is 2. The number of hydrogen-bond donors (Lipinski definition) is 1. The van der Waals surface area contributed by atoms with Crippen molar-refractivity contribution in [3.8, 4) is 5.75 Å². The molecule has 2 fully saturated rings. The molecule has 0 bridgehead atoms. The summed E-state index contributed by atoms with van der Waals surface area (Å²) >= 11 is 1.29. The van der Waals surface area contributed by atoms with Gasteiger partial charge in [0.1, 0.15) is 11.0 Å². The van der Waals surface area contributed by atoms with Gasteiger partial charge in [0.15, 0.2) is 5.17 Å². The molecule has 10 heteroatoms. The van der Waals surface area contributed by atoms with Crippen LogP contribution >= 0.6 is 11.8 Å². The van der Waals surface area contributed by atoms with Gasteiger partial charge in [0.2, 0.25) is 11.8 Å². The number of rotatable bonds is 7. The minimum atomic E-state index is -0.611. The molecule has 1 saturated heterocycles. The van der Waals surface area contributed by atoms with E-state index in [0.717, 1.165) is 29.7 Å². The van der Waals surface area contributed by atoms with E-state index in [0.29, 0.717) is 10.9 Å². The summed E-state index contributed by atoms with van der Waals surface area (Å²) < 4.78 is 5.20. The molecule has 9 nitrogen and oxygen atoms in total. The van der Waals surface area contributed by atoms with Crippen molar-refractivity contribution >= 4 is 45.8 Å². The second kappa shape index (κ2) is 9.22. The highest BCUT2D eigenvalue weighted by Crippen LogP contribution is 2.40. The number of anilines is 1. The first kappa shape index (κ1) is 22.8. The lowest BCUT2D eigenvalue weighted by Gasteiger charge is -2.15. The van der Waals surface area contributed by atoms with Crippen molar-refractivity contribution in [2.24, 2.45) is 4.99 Å². The molecular weight excluding hydrogens is 444 g/mol. The summed E-state index contributed by atoms with van der Waals surface area (Å²) in [4.78, 5) is 42.9. The molecule has 1 unspecified atom stereocenters. The lowest BCUT2D eigenvalue weighted by Crippen LogP contribution is -2.35. The van der Waals surface area contributed by atoms with E-state index in [9.17, 15) is 19.7 Å². The van der Waals surface area contributed by atoms with E-state index in [1.807, 2.05) is 32.0 Å². The van der Waals surface area contributed by atoms with Gasteiger partial charge in [0.25, 0.3) is 5.69 Å². The van der Waals surface area contributed by atoms with Crippen LogP contribution < -0.4 is 10.1 Å². The van der Waals surface area contributed by atoms with Gasteiger partial charge in [0, 0.05) is 24.6 Å². The van der Waals surface area contributed by atoms with Crippen molar-refractivity contribution in [1.82, 2.24) is 4.90 Å². The van der Waals surface area contributed by atoms with Gasteiger partial charge in [-0.3, -0.25) is 24.6 Å². The third kappa shape index (κ3) is 5.00. The van der Waals surface area contributed by atoms with Crippen LogP contribution in [0.2, 0.25) is 0 Å². The number of benzene rings is 2. The molecule has 172 valence electrons. The first-order chi connectivity index (χ1) is 15.8. The summed E-state index contributed by atoms with van der Waals surface area (Å²) in [6, 6.07) is 10.0. The Labute approximate surface area is 195 Å². The van der Waals surface area contributed by atoms with Gasteiger partial charge in [-0.05, 0) is 44.4 Å². The standard InChI is InChI=1S/C23H24N4O5S/c1-13-4-8-17(14(2)10-13)25-23-26(15-5-6-15)22(29)20(33-23)12-21(28)24-18-11-16(27(30)31)7-9-19(18)32-3/h4,7-11,15,20H,5-6,12H2,1-3H3,(H,24,28). The SMILES string of the molecule is COc1ccc([N+](=O)[O-])cc1NC(=O)CC1SC(=Nc2ccc(C)cc2C)N(C2CC2)C1=O. The fraction of sp³-hybridized carbons (Fsp3) is 0.348. The first-order valence-electron chi connectivity index (χ1n) is 10.5. The Morgan fingerprint density at radius 1 is 1.27 bits per heavy atom. The second-order valence-corrected chi connectivity index (χ2v) is 9.29. The van der Waals surface area contributed by atoms with Crippen LogP contribution in [-0.4, -0.2) is 45.2 Å². The summed E-state index contributed by atoms with van der Waals surface area (Å²) in [6.45, 7) is 3.99. The molecule has 1 atom stereocenters. The number of methoxy groups -OCH3 is 1. The number of nitrogens with zero attached hydrogens (tertiary/aromatic N) is 3. The maximum atomic E-state index is 13.1. The van der Waals surface area contributed by atoms with E-state index in [1.54, 1.807) is 4.90 Å². The lowest BCUT2D eigenvalue weighted by molar-refractivity contribution is -0.384. The van der Waals surface area contributed by atoms with Crippen LogP contribution in [0.25, 0.3) is 0 Å². The topological polar surface area (TPSA) is 114 Å². The number of ether oxygens (including phenoxy) is 1. The maximum Gasteiger partial charge on any atom is 0.271 e. The number of hydrogen-bond acceptors (Lipinski definition) is 7. The number of aliphatic imine (C=N–C) groups is 1. The van der Waals surface area contributed by atoms with Crippen LogP contribution in [0.5, 0.6) is 5.75 Å². The Morgan fingerprint density at radius 2 is 2.03 bits per heavy atom. The number of amidine groups is 1. The van der Waals surface area contributed by atoms with Crippen LogP contribution in [0.3, 0.4) is 0 Å². The summed E-state index contributed by atoms with van der Waals surface area (Å²) in [7, 11) is 1.41. The molecule has 1 N–H and O–H groups in total. The molecule has 2 aromatic carbocycles. The van der Waals surface area contributed by atoms with Crippen molar-refractivity contribution in [3.05, 3.63) is 57.6 Å². The predicted molar refractivity (Wildman–Crippen MR) is 127 cm³/mol. The Kier molecular flexibility index (Phi) is 6.37. The quantitative estimate of drug-likeness (QED) is 0.477. The Hall–Kier alpha value is -3.40. The van der Waals surface area contributed by atoms with Gasteiger partial charge in [-0.25, -0.2) is 4.99 Å².